The van der Waals surface area contributed by atoms with Crippen LogP contribution in [0.4, 0.5) is 11.4 Å². The highest BCUT2D eigenvalue weighted by Gasteiger charge is 2.34. The van der Waals surface area contributed by atoms with Crippen molar-refractivity contribution in [2.45, 2.75) is 17.9 Å². The largest absolute Gasteiger partial charge is 0.477 e. The molecule has 1 N–H and O–H groups in total. The number of anilines is 2. The van der Waals surface area contributed by atoms with Crippen LogP contribution in [0.3, 0.4) is 0 Å². The van der Waals surface area contributed by atoms with Crippen LogP contribution in [-0.4, -0.2) is 27.5 Å². The van der Waals surface area contributed by atoms with Gasteiger partial charge in [-0.1, -0.05) is 33.6 Å². The highest BCUT2D eigenvalue weighted by molar-refractivity contribution is 9.10. The highest BCUT2D eigenvalue weighted by Crippen LogP contribution is 2.41. The number of ether oxygens (including phenoxy) is 1. The van der Waals surface area contributed by atoms with Gasteiger partial charge in [-0.25, -0.2) is 8.42 Å². The van der Waals surface area contributed by atoms with Gasteiger partial charge < -0.3 is 9.64 Å². The molecule has 0 spiro atoms. The van der Waals surface area contributed by atoms with Crippen molar-refractivity contribution in [3.63, 3.8) is 0 Å². The smallest absolute Gasteiger partial charge is 0.267 e. The maximum Gasteiger partial charge on any atom is 0.267 e. The molecule has 0 bridgehead atoms. The molecule has 1 unspecified atom stereocenters. The van der Waals surface area contributed by atoms with Gasteiger partial charge in [0.15, 0.2) is 11.9 Å². The summed E-state index contributed by atoms with van der Waals surface area (Å²) in [7, 11) is -2.38. The number of rotatable bonds is 3. The SMILES string of the molecule is CC1Oc2c(cc(Br)cc2S(=O)(=O)Nc2cccc(Cl)c2)N(C)C1=O. The molecule has 1 aliphatic heterocycles. The Hall–Kier alpha value is -1.77. The molecule has 2 aromatic rings. The van der Waals surface area contributed by atoms with Crippen LogP contribution in [0.25, 0.3) is 0 Å². The molecule has 0 saturated carbocycles. The number of carbonyl (C=O) groups is 1. The zero-order valence-electron chi connectivity index (χ0n) is 13.3. The maximum atomic E-state index is 12.9. The van der Waals surface area contributed by atoms with Crippen molar-refractivity contribution in [2.75, 3.05) is 16.7 Å². The Morgan fingerprint density at radius 1 is 1.28 bits per heavy atom. The molecule has 1 aliphatic rings. The number of nitrogens with zero attached hydrogens (tertiary/aromatic N) is 1. The van der Waals surface area contributed by atoms with Crippen LogP contribution >= 0.6 is 27.5 Å². The number of fused-ring (bicyclic) bond motifs is 1. The average Bonchev–Trinajstić information content (AvgIpc) is 2.52. The van der Waals surface area contributed by atoms with E-state index < -0.39 is 16.1 Å². The van der Waals surface area contributed by atoms with Gasteiger partial charge in [0, 0.05) is 16.5 Å². The van der Waals surface area contributed by atoms with Gasteiger partial charge in [0.05, 0.1) is 11.4 Å². The van der Waals surface area contributed by atoms with Gasteiger partial charge in [-0.3, -0.25) is 9.52 Å². The van der Waals surface area contributed by atoms with Crippen molar-refractivity contribution in [3.8, 4) is 5.75 Å². The molecule has 132 valence electrons. The lowest BCUT2D eigenvalue weighted by atomic mass is 10.2. The van der Waals surface area contributed by atoms with Crippen LogP contribution in [0, 0.1) is 0 Å². The van der Waals surface area contributed by atoms with E-state index in [0.29, 0.717) is 20.9 Å². The minimum Gasteiger partial charge on any atom is -0.477 e. The molecular formula is C16H14BrClN2O4S. The van der Waals surface area contributed by atoms with Gasteiger partial charge >= 0.3 is 0 Å². The van der Waals surface area contributed by atoms with Crippen molar-refractivity contribution < 1.29 is 17.9 Å². The highest BCUT2D eigenvalue weighted by atomic mass is 79.9. The summed E-state index contributed by atoms with van der Waals surface area (Å²) >= 11 is 9.19. The lowest BCUT2D eigenvalue weighted by Gasteiger charge is -2.31. The second-order valence-corrected chi connectivity index (χ2v) is 8.53. The van der Waals surface area contributed by atoms with Gasteiger partial charge in [-0.2, -0.15) is 0 Å². The van der Waals surface area contributed by atoms with Crippen molar-refractivity contribution in [3.05, 3.63) is 45.9 Å². The van der Waals surface area contributed by atoms with Crippen molar-refractivity contribution >= 4 is 54.8 Å². The van der Waals surface area contributed by atoms with E-state index in [1.807, 2.05) is 0 Å². The van der Waals surface area contributed by atoms with E-state index in [1.54, 1.807) is 38.2 Å². The van der Waals surface area contributed by atoms with E-state index in [0.717, 1.165) is 0 Å². The molecule has 0 aliphatic carbocycles. The summed E-state index contributed by atoms with van der Waals surface area (Å²) < 4.78 is 34.3. The maximum absolute atomic E-state index is 12.9. The van der Waals surface area contributed by atoms with E-state index >= 15 is 0 Å². The predicted octanol–water partition coefficient (Wildman–Crippen LogP) is 3.65. The zero-order chi connectivity index (χ0) is 18.4. The van der Waals surface area contributed by atoms with Gasteiger partial charge in [0.1, 0.15) is 4.90 Å². The number of amides is 1. The van der Waals surface area contributed by atoms with Gasteiger partial charge in [-0.15, -0.1) is 0 Å². The second kappa shape index (κ2) is 6.51. The summed E-state index contributed by atoms with van der Waals surface area (Å²) in [6, 6.07) is 9.45. The molecule has 2 aromatic carbocycles. The summed E-state index contributed by atoms with van der Waals surface area (Å²) in [5.74, 6) is -0.121. The molecule has 1 atom stereocenters. The number of sulfonamides is 1. The van der Waals surface area contributed by atoms with E-state index in [-0.39, 0.29) is 16.6 Å². The van der Waals surface area contributed by atoms with E-state index in [9.17, 15) is 13.2 Å². The molecular weight excluding hydrogens is 432 g/mol. The fraction of sp³-hybridized carbons (Fsp3) is 0.188. The molecule has 6 nitrogen and oxygen atoms in total. The van der Waals surface area contributed by atoms with Crippen LogP contribution in [0.2, 0.25) is 5.02 Å². The van der Waals surface area contributed by atoms with Crippen LogP contribution in [0.15, 0.2) is 45.8 Å². The van der Waals surface area contributed by atoms with Crippen LogP contribution in [0.5, 0.6) is 5.75 Å². The van der Waals surface area contributed by atoms with Crippen LogP contribution < -0.4 is 14.4 Å². The lowest BCUT2D eigenvalue weighted by molar-refractivity contribution is -0.125. The number of benzene rings is 2. The number of hydrogen-bond donors (Lipinski definition) is 1. The Morgan fingerprint density at radius 2 is 2.00 bits per heavy atom. The molecule has 1 heterocycles. The normalized spacial score (nSPS) is 17.0. The summed E-state index contributed by atoms with van der Waals surface area (Å²) in [6.45, 7) is 1.57. The third-order valence-corrected chi connectivity index (χ3v) is 5.78. The Labute approximate surface area is 158 Å². The standard InChI is InChI=1S/C16H14BrClN2O4S/c1-9-16(21)20(2)13-6-10(17)7-14(15(13)24-9)25(22,23)19-12-5-3-4-11(18)8-12/h3-9,19H,1-2H3. The topological polar surface area (TPSA) is 75.7 Å². The summed E-state index contributed by atoms with van der Waals surface area (Å²) in [4.78, 5) is 13.4. The molecule has 0 radical (unpaired) electrons. The number of nitrogens with one attached hydrogen (secondary N) is 1. The predicted molar refractivity (Wildman–Crippen MR) is 99.9 cm³/mol. The first-order valence-electron chi connectivity index (χ1n) is 7.25. The monoisotopic (exact) mass is 444 g/mol. The third-order valence-electron chi connectivity index (χ3n) is 3.70. The zero-order valence-corrected chi connectivity index (χ0v) is 16.4. The van der Waals surface area contributed by atoms with Crippen LogP contribution in [0.1, 0.15) is 6.92 Å². The Kier molecular flexibility index (Phi) is 4.70. The van der Waals surface area contributed by atoms with Gasteiger partial charge in [0.25, 0.3) is 15.9 Å². The third kappa shape index (κ3) is 3.47. The second-order valence-electron chi connectivity index (χ2n) is 5.53. The summed E-state index contributed by atoms with van der Waals surface area (Å²) in [5.41, 5.74) is 0.707. The van der Waals surface area contributed by atoms with Crippen molar-refractivity contribution in [1.82, 2.24) is 0 Å². The van der Waals surface area contributed by atoms with Crippen molar-refractivity contribution in [2.24, 2.45) is 0 Å². The number of hydrogen-bond acceptors (Lipinski definition) is 4. The summed E-state index contributed by atoms with van der Waals surface area (Å²) in [5, 5.41) is 0.409. The molecule has 9 heteroatoms. The van der Waals surface area contributed by atoms with E-state index in [1.165, 1.54) is 17.0 Å². The molecule has 0 aromatic heterocycles. The Morgan fingerprint density at radius 3 is 2.68 bits per heavy atom. The first kappa shape index (κ1) is 18.0. The van der Waals surface area contributed by atoms with Crippen LogP contribution in [-0.2, 0) is 14.8 Å². The average molecular weight is 446 g/mol. The minimum absolute atomic E-state index is 0.0666. The molecule has 1 amide bonds. The minimum atomic E-state index is -3.96. The molecule has 0 fully saturated rings. The quantitative estimate of drug-likeness (QED) is 0.782. The fourth-order valence-electron chi connectivity index (χ4n) is 2.50. The van der Waals surface area contributed by atoms with E-state index in [2.05, 4.69) is 20.7 Å². The first-order chi connectivity index (χ1) is 11.7. The number of carbonyl (C=O) groups excluding carboxylic acids is 1. The fourth-order valence-corrected chi connectivity index (χ4v) is 4.52. The van der Waals surface area contributed by atoms with Gasteiger partial charge in [0.2, 0.25) is 0 Å². The Bertz CT molecular complexity index is 965. The first-order valence-corrected chi connectivity index (χ1v) is 9.90. The Balaban J connectivity index is 2.11. The number of likely N-dealkylation sites (N-methyl/N-ethyl adjacent to an activating group) is 1. The lowest BCUT2D eigenvalue weighted by Crippen LogP contribution is -2.42. The molecule has 25 heavy (non-hydrogen) atoms. The number of halogens is 2. The molecule has 3 rings (SSSR count). The molecule has 0 saturated heterocycles. The summed E-state index contributed by atoms with van der Waals surface area (Å²) in [6.07, 6.45) is -0.779. The van der Waals surface area contributed by atoms with Crippen molar-refractivity contribution in [1.29, 1.82) is 0 Å². The van der Waals surface area contributed by atoms with Gasteiger partial charge in [-0.05, 0) is 37.3 Å². The van der Waals surface area contributed by atoms with E-state index in [4.69, 9.17) is 16.3 Å².